The van der Waals surface area contributed by atoms with Crippen LogP contribution in [-0.4, -0.2) is 52.8 Å². The van der Waals surface area contributed by atoms with Gasteiger partial charge in [-0.25, -0.2) is 14.0 Å². The molecule has 0 aliphatic carbocycles. The first-order chi connectivity index (χ1) is 13.9. The third-order valence-corrected chi connectivity index (χ3v) is 4.75. The number of aromatic nitrogens is 1. The third-order valence-electron chi connectivity index (χ3n) is 4.75. The Balaban J connectivity index is 1.50. The van der Waals surface area contributed by atoms with Gasteiger partial charge in [-0.15, -0.1) is 0 Å². The second-order valence-electron chi connectivity index (χ2n) is 7.00. The molecule has 3 amide bonds. The van der Waals surface area contributed by atoms with Gasteiger partial charge < -0.3 is 26.0 Å². The van der Waals surface area contributed by atoms with Gasteiger partial charge in [0.05, 0.1) is 17.6 Å². The first-order valence-electron chi connectivity index (χ1n) is 9.41. The van der Waals surface area contributed by atoms with Crippen LogP contribution in [0.15, 0.2) is 36.5 Å². The normalized spacial score (nSPS) is 15.9. The number of carboxylic acid groups (broad SMARTS) is 1. The van der Waals surface area contributed by atoms with Crippen molar-refractivity contribution in [1.29, 1.82) is 0 Å². The Kier molecular flexibility index (Phi) is 6.61. The molecule has 154 valence electrons. The highest BCUT2D eigenvalue weighted by Crippen LogP contribution is 2.17. The lowest BCUT2D eigenvalue weighted by Crippen LogP contribution is -2.35. The summed E-state index contributed by atoms with van der Waals surface area (Å²) < 4.78 is 14.1. The number of amides is 3. The van der Waals surface area contributed by atoms with Crippen LogP contribution in [0.4, 0.5) is 25.4 Å². The van der Waals surface area contributed by atoms with Crippen molar-refractivity contribution in [2.24, 2.45) is 0 Å². The van der Waals surface area contributed by atoms with Crippen molar-refractivity contribution in [3.63, 3.8) is 0 Å². The molecule has 0 radical (unpaired) electrons. The van der Waals surface area contributed by atoms with Crippen LogP contribution in [-0.2, 0) is 6.42 Å². The van der Waals surface area contributed by atoms with Gasteiger partial charge in [0, 0.05) is 24.8 Å². The minimum Gasteiger partial charge on any atom is -0.465 e. The van der Waals surface area contributed by atoms with Crippen LogP contribution in [0.2, 0.25) is 0 Å². The Hall–Kier alpha value is -3.20. The summed E-state index contributed by atoms with van der Waals surface area (Å²) in [5, 5.41) is 17.4. The van der Waals surface area contributed by atoms with E-state index >= 15 is 0 Å². The van der Waals surface area contributed by atoms with Gasteiger partial charge in [0.15, 0.2) is 0 Å². The van der Waals surface area contributed by atoms with Crippen molar-refractivity contribution >= 4 is 23.5 Å². The minimum atomic E-state index is -0.900. The predicted molar refractivity (Wildman–Crippen MR) is 108 cm³/mol. The van der Waals surface area contributed by atoms with E-state index in [0.29, 0.717) is 31.7 Å². The van der Waals surface area contributed by atoms with Crippen molar-refractivity contribution in [2.45, 2.75) is 25.8 Å². The molecule has 8 nitrogen and oxygen atoms in total. The molecule has 4 N–H and O–H groups in total. The van der Waals surface area contributed by atoms with E-state index in [0.717, 1.165) is 17.7 Å². The van der Waals surface area contributed by atoms with Gasteiger partial charge in [-0.05, 0) is 56.1 Å². The number of hydrogen-bond donors (Lipinski definition) is 4. The Morgan fingerprint density at radius 3 is 2.79 bits per heavy atom. The van der Waals surface area contributed by atoms with Crippen molar-refractivity contribution in [2.75, 3.05) is 30.3 Å². The summed E-state index contributed by atoms with van der Waals surface area (Å²) in [5.74, 6) is -0.521. The van der Waals surface area contributed by atoms with Gasteiger partial charge in [0.1, 0.15) is 5.82 Å². The zero-order valence-electron chi connectivity index (χ0n) is 16.1. The molecular weight excluding hydrogens is 377 g/mol. The number of halogens is 1. The van der Waals surface area contributed by atoms with E-state index in [9.17, 15) is 14.0 Å². The maximum atomic E-state index is 14.1. The van der Waals surface area contributed by atoms with E-state index < -0.39 is 17.9 Å². The molecule has 1 aliphatic heterocycles. The van der Waals surface area contributed by atoms with Crippen LogP contribution in [0.25, 0.3) is 0 Å². The van der Waals surface area contributed by atoms with Crippen LogP contribution >= 0.6 is 0 Å². The highest BCUT2D eigenvalue weighted by molar-refractivity contribution is 5.99. The fourth-order valence-electron chi connectivity index (χ4n) is 3.17. The van der Waals surface area contributed by atoms with Gasteiger partial charge in [-0.3, -0.25) is 4.98 Å². The molecule has 0 spiro atoms. The van der Waals surface area contributed by atoms with Crippen molar-refractivity contribution in [3.05, 3.63) is 53.6 Å². The quantitative estimate of drug-likeness (QED) is 0.595. The second-order valence-corrected chi connectivity index (χ2v) is 7.00. The summed E-state index contributed by atoms with van der Waals surface area (Å²) in [6.45, 7) is 3.47. The number of likely N-dealkylation sites (tertiary alicyclic amines) is 1. The molecule has 3 rings (SSSR count). The lowest BCUT2D eigenvalue weighted by atomic mass is 10.1. The minimum absolute atomic E-state index is 0.0954. The summed E-state index contributed by atoms with van der Waals surface area (Å²) in [6, 6.07) is 7.64. The molecule has 1 aromatic heterocycles. The zero-order chi connectivity index (χ0) is 20.8. The van der Waals surface area contributed by atoms with Crippen molar-refractivity contribution in [1.82, 2.24) is 15.2 Å². The van der Waals surface area contributed by atoms with E-state index in [-0.39, 0.29) is 11.7 Å². The number of anilines is 2. The Labute approximate surface area is 168 Å². The van der Waals surface area contributed by atoms with Crippen LogP contribution in [0.1, 0.15) is 17.7 Å². The Bertz CT molecular complexity index is 875. The molecule has 1 aliphatic rings. The second kappa shape index (κ2) is 9.33. The number of rotatable bonds is 6. The number of urea groups is 1. The number of nitrogens with one attached hydrogen (secondary N) is 3. The summed E-state index contributed by atoms with van der Waals surface area (Å²) >= 11 is 0. The Morgan fingerprint density at radius 1 is 1.28 bits per heavy atom. The average Bonchev–Trinajstić information content (AvgIpc) is 3.15. The lowest BCUT2D eigenvalue weighted by molar-refractivity contribution is 0.154. The number of hydrogen-bond acceptors (Lipinski definition) is 4. The van der Waals surface area contributed by atoms with E-state index in [1.54, 1.807) is 24.3 Å². The monoisotopic (exact) mass is 401 g/mol. The molecule has 1 atom stereocenters. The number of nitrogens with zero attached hydrogens (tertiary/aromatic N) is 2. The molecular formula is C20H24FN5O3. The molecule has 2 heterocycles. The van der Waals surface area contributed by atoms with Gasteiger partial charge in [0.25, 0.3) is 0 Å². The highest BCUT2D eigenvalue weighted by Gasteiger charge is 2.25. The van der Waals surface area contributed by atoms with E-state index in [2.05, 4.69) is 20.9 Å². The molecule has 29 heavy (non-hydrogen) atoms. The van der Waals surface area contributed by atoms with Crippen LogP contribution in [0, 0.1) is 12.7 Å². The molecule has 1 fully saturated rings. The summed E-state index contributed by atoms with van der Waals surface area (Å²) in [4.78, 5) is 28.6. The summed E-state index contributed by atoms with van der Waals surface area (Å²) in [5.41, 5.74) is 2.30. The molecule has 1 aromatic carbocycles. The first-order valence-corrected chi connectivity index (χ1v) is 9.41. The highest BCUT2D eigenvalue weighted by atomic mass is 19.1. The van der Waals surface area contributed by atoms with Gasteiger partial charge in [-0.1, -0.05) is 6.07 Å². The zero-order valence-corrected chi connectivity index (χ0v) is 16.1. The Morgan fingerprint density at radius 2 is 2.10 bits per heavy atom. The average molecular weight is 401 g/mol. The fraction of sp³-hybridized carbons (Fsp3) is 0.350. The number of aryl methyl sites for hydroxylation is 1. The number of benzene rings is 1. The maximum absolute atomic E-state index is 14.1. The smallest absolute Gasteiger partial charge is 0.407 e. The molecule has 1 saturated heterocycles. The van der Waals surface area contributed by atoms with Gasteiger partial charge in [-0.2, -0.15) is 0 Å². The number of pyridine rings is 1. The van der Waals surface area contributed by atoms with Crippen LogP contribution < -0.4 is 16.0 Å². The fourth-order valence-corrected chi connectivity index (χ4v) is 3.17. The van der Waals surface area contributed by atoms with Crippen molar-refractivity contribution < 1.29 is 19.1 Å². The molecule has 2 aromatic rings. The van der Waals surface area contributed by atoms with Crippen molar-refractivity contribution in [3.8, 4) is 0 Å². The predicted octanol–water partition coefficient (Wildman–Crippen LogP) is 3.06. The van der Waals surface area contributed by atoms with E-state index in [4.69, 9.17) is 5.11 Å². The molecule has 0 unspecified atom stereocenters. The third kappa shape index (κ3) is 5.89. The molecule has 0 bridgehead atoms. The summed E-state index contributed by atoms with van der Waals surface area (Å²) in [6.07, 6.45) is 2.03. The summed E-state index contributed by atoms with van der Waals surface area (Å²) in [7, 11) is 0. The van der Waals surface area contributed by atoms with Gasteiger partial charge in [0.2, 0.25) is 0 Å². The maximum Gasteiger partial charge on any atom is 0.407 e. The first kappa shape index (κ1) is 20.5. The van der Waals surface area contributed by atoms with Crippen LogP contribution in [0.3, 0.4) is 0 Å². The largest absolute Gasteiger partial charge is 0.465 e. The molecule has 9 heteroatoms. The standard InChI is InChI=1S/C20H24FN5O3/c1-13-2-4-15(11-23-13)24-19(27)25-18-10-14(3-5-17(18)21)6-8-22-16-7-9-26(12-16)20(28)29/h2-5,10-11,16,22H,6-9,12H2,1H3,(H,28,29)(H2,24,25,27)/t16-/m1/s1. The van der Waals surface area contributed by atoms with E-state index in [1.165, 1.54) is 17.2 Å². The molecule has 0 saturated carbocycles. The SMILES string of the molecule is Cc1ccc(NC(=O)Nc2cc(CCN[C@@H]3CCN(C(=O)O)C3)ccc2F)cn1. The topological polar surface area (TPSA) is 107 Å². The number of carbonyl (C=O) groups is 2. The van der Waals surface area contributed by atoms with Gasteiger partial charge >= 0.3 is 12.1 Å². The van der Waals surface area contributed by atoms with Crippen LogP contribution in [0.5, 0.6) is 0 Å². The lowest BCUT2D eigenvalue weighted by Gasteiger charge is -2.14. The van der Waals surface area contributed by atoms with E-state index in [1.807, 2.05) is 6.92 Å². The number of carbonyl (C=O) groups excluding carboxylic acids is 1.